The fraction of sp³-hybridized carbons (Fsp3) is 0.273. The third-order valence-electron chi connectivity index (χ3n) is 5.16. The summed E-state index contributed by atoms with van der Waals surface area (Å²) in [5.74, 6) is 0. The number of hydrogen-bond donors (Lipinski definition) is 0. The van der Waals surface area contributed by atoms with Crippen molar-refractivity contribution in [2.75, 3.05) is 37.6 Å². The van der Waals surface area contributed by atoms with Crippen LogP contribution in [0.1, 0.15) is 11.3 Å². The lowest BCUT2D eigenvalue weighted by molar-refractivity contribution is 0.284. The molecule has 2 aromatic heterocycles. The molecule has 1 saturated heterocycles. The van der Waals surface area contributed by atoms with Gasteiger partial charge in [-0.15, -0.1) is 12.4 Å². The summed E-state index contributed by atoms with van der Waals surface area (Å²) in [5, 5.41) is 5.31. The molecule has 1 aliphatic rings. The van der Waals surface area contributed by atoms with Crippen molar-refractivity contribution in [2.45, 2.75) is 6.92 Å². The number of halogens is 2. The maximum atomic E-state index is 6.12. The molecule has 7 heteroatoms. The van der Waals surface area contributed by atoms with Crippen LogP contribution in [-0.2, 0) is 0 Å². The number of anilines is 1. The van der Waals surface area contributed by atoms with Gasteiger partial charge in [0.25, 0.3) is 0 Å². The molecule has 0 bridgehead atoms. The maximum absolute atomic E-state index is 6.12. The Morgan fingerprint density at radius 2 is 1.79 bits per heavy atom. The fourth-order valence-corrected chi connectivity index (χ4v) is 3.71. The second-order valence-electron chi connectivity index (χ2n) is 6.97. The highest BCUT2D eigenvalue weighted by Gasteiger charge is 2.16. The number of benzene rings is 1. The van der Waals surface area contributed by atoms with E-state index in [1.54, 1.807) is 12.4 Å². The number of piperazine rings is 1. The Bertz CT molecular complexity index is 947. The lowest BCUT2D eigenvalue weighted by atomic mass is 10.2. The number of rotatable bonds is 5. The molecule has 4 rings (SSSR count). The van der Waals surface area contributed by atoms with Crippen LogP contribution in [0.4, 0.5) is 5.69 Å². The van der Waals surface area contributed by atoms with Crippen molar-refractivity contribution in [1.29, 1.82) is 0 Å². The van der Waals surface area contributed by atoms with Crippen LogP contribution in [0.5, 0.6) is 0 Å². The summed E-state index contributed by atoms with van der Waals surface area (Å²) >= 11 is 6.12. The topological polar surface area (TPSA) is 37.2 Å². The summed E-state index contributed by atoms with van der Waals surface area (Å²) in [6, 6.07) is 12.0. The zero-order valence-corrected chi connectivity index (χ0v) is 18.0. The van der Waals surface area contributed by atoms with Gasteiger partial charge < -0.3 is 4.90 Å². The maximum Gasteiger partial charge on any atom is 0.0679 e. The molecular weight excluding hydrogens is 405 g/mol. The van der Waals surface area contributed by atoms with Crippen LogP contribution >= 0.6 is 24.0 Å². The van der Waals surface area contributed by atoms with Gasteiger partial charge in [-0.05, 0) is 37.3 Å². The fourth-order valence-electron chi connectivity index (χ4n) is 3.52. The number of aromatic nitrogens is 3. The second kappa shape index (κ2) is 9.92. The summed E-state index contributed by atoms with van der Waals surface area (Å²) < 4.78 is 1.95. The molecular formula is C22H25Cl2N5. The summed E-state index contributed by atoms with van der Waals surface area (Å²) in [4.78, 5) is 8.94. The summed E-state index contributed by atoms with van der Waals surface area (Å²) in [5.41, 5.74) is 4.52. The lowest BCUT2D eigenvalue weighted by Crippen LogP contribution is -2.46. The molecule has 29 heavy (non-hydrogen) atoms. The van der Waals surface area contributed by atoms with Crippen molar-refractivity contribution >= 4 is 35.8 Å². The van der Waals surface area contributed by atoms with E-state index in [2.05, 4.69) is 45.0 Å². The Kier molecular flexibility index (Phi) is 7.31. The van der Waals surface area contributed by atoms with Crippen molar-refractivity contribution in [3.63, 3.8) is 0 Å². The minimum atomic E-state index is 0. The van der Waals surface area contributed by atoms with Crippen LogP contribution in [0.25, 0.3) is 11.8 Å². The van der Waals surface area contributed by atoms with Gasteiger partial charge in [-0.2, -0.15) is 5.10 Å². The van der Waals surface area contributed by atoms with Crippen LogP contribution in [0.3, 0.4) is 0 Å². The van der Waals surface area contributed by atoms with Gasteiger partial charge in [0.15, 0.2) is 0 Å². The first-order valence-corrected chi connectivity index (χ1v) is 9.93. The van der Waals surface area contributed by atoms with Crippen molar-refractivity contribution in [2.24, 2.45) is 0 Å². The highest BCUT2D eigenvalue weighted by Crippen LogP contribution is 2.21. The second-order valence-corrected chi connectivity index (χ2v) is 7.41. The molecule has 0 amide bonds. The van der Waals surface area contributed by atoms with Gasteiger partial charge in [0.1, 0.15) is 0 Å². The third kappa shape index (κ3) is 5.18. The Balaban J connectivity index is 0.00000240. The number of pyridine rings is 1. The standard InChI is InChI=1S/C22H24ClN5.ClH/c1-18-19(17-25-28(18)21-7-9-24-10-8-21)4-3-11-26-12-14-27(15-13-26)22-6-2-5-20(23)16-22;/h2-10,16-17H,11-15H2,1H3;1H/b4-3+;. The highest BCUT2D eigenvalue weighted by atomic mass is 35.5. The molecule has 3 heterocycles. The first-order chi connectivity index (χ1) is 13.7. The van der Waals surface area contributed by atoms with E-state index in [0.29, 0.717) is 0 Å². The molecule has 0 N–H and O–H groups in total. The van der Waals surface area contributed by atoms with Crippen molar-refractivity contribution in [1.82, 2.24) is 19.7 Å². The van der Waals surface area contributed by atoms with Crippen LogP contribution < -0.4 is 4.90 Å². The molecule has 0 radical (unpaired) electrons. The Labute approximate surface area is 183 Å². The SMILES string of the molecule is Cc1c(/C=C/CN2CCN(c3cccc(Cl)c3)CC2)cnn1-c1ccncc1.Cl. The Morgan fingerprint density at radius 1 is 1.03 bits per heavy atom. The number of hydrogen-bond acceptors (Lipinski definition) is 4. The molecule has 0 saturated carbocycles. The zero-order chi connectivity index (χ0) is 19.3. The van der Waals surface area contributed by atoms with E-state index < -0.39 is 0 Å². The third-order valence-corrected chi connectivity index (χ3v) is 5.40. The first kappa shape index (κ1) is 21.4. The summed E-state index contributed by atoms with van der Waals surface area (Å²) in [7, 11) is 0. The Hall–Kier alpha value is -2.34. The van der Waals surface area contributed by atoms with E-state index >= 15 is 0 Å². The molecule has 0 spiro atoms. The molecule has 1 aromatic carbocycles. The smallest absolute Gasteiger partial charge is 0.0679 e. The van der Waals surface area contributed by atoms with E-state index in [1.807, 2.05) is 41.2 Å². The quantitative estimate of drug-likeness (QED) is 0.598. The minimum Gasteiger partial charge on any atom is -0.369 e. The van der Waals surface area contributed by atoms with Crippen LogP contribution in [0.2, 0.25) is 5.02 Å². The van der Waals surface area contributed by atoms with Crippen molar-refractivity contribution in [3.05, 3.63) is 77.3 Å². The van der Waals surface area contributed by atoms with Gasteiger partial charge in [-0.3, -0.25) is 9.88 Å². The number of nitrogens with zero attached hydrogens (tertiary/aromatic N) is 5. The largest absolute Gasteiger partial charge is 0.369 e. The highest BCUT2D eigenvalue weighted by molar-refractivity contribution is 6.30. The molecule has 3 aromatic rings. The predicted molar refractivity (Wildman–Crippen MR) is 122 cm³/mol. The summed E-state index contributed by atoms with van der Waals surface area (Å²) in [6.07, 6.45) is 9.90. The molecule has 1 fully saturated rings. The normalized spacial score (nSPS) is 14.9. The monoisotopic (exact) mass is 429 g/mol. The van der Waals surface area contributed by atoms with E-state index in [-0.39, 0.29) is 12.4 Å². The minimum absolute atomic E-state index is 0. The molecule has 1 aliphatic heterocycles. The van der Waals surface area contributed by atoms with Gasteiger partial charge in [-0.1, -0.05) is 29.8 Å². The van der Waals surface area contributed by atoms with E-state index in [0.717, 1.165) is 54.7 Å². The van der Waals surface area contributed by atoms with Gasteiger partial charge >= 0.3 is 0 Å². The summed E-state index contributed by atoms with van der Waals surface area (Å²) in [6.45, 7) is 7.18. The van der Waals surface area contributed by atoms with Crippen molar-refractivity contribution in [3.8, 4) is 5.69 Å². The average molecular weight is 430 g/mol. The van der Waals surface area contributed by atoms with Crippen molar-refractivity contribution < 1.29 is 0 Å². The average Bonchev–Trinajstić information content (AvgIpc) is 3.10. The molecule has 0 atom stereocenters. The zero-order valence-electron chi connectivity index (χ0n) is 16.4. The van der Waals surface area contributed by atoms with Crippen LogP contribution in [0.15, 0.2) is 61.1 Å². The molecule has 0 aliphatic carbocycles. The van der Waals surface area contributed by atoms with Gasteiger partial charge in [0.2, 0.25) is 0 Å². The predicted octanol–water partition coefficient (Wildman–Crippen LogP) is 4.49. The van der Waals surface area contributed by atoms with E-state index in [9.17, 15) is 0 Å². The Morgan fingerprint density at radius 3 is 2.52 bits per heavy atom. The van der Waals surface area contributed by atoms with E-state index in [1.165, 1.54) is 5.69 Å². The first-order valence-electron chi connectivity index (χ1n) is 9.55. The van der Waals surface area contributed by atoms with Crippen LogP contribution in [0, 0.1) is 6.92 Å². The van der Waals surface area contributed by atoms with Gasteiger partial charge in [0.05, 0.1) is 11.9 Å². The molecule has 0 unspecified atom stereocenters. The lowest BCUT2D eigenvalue weighted by Gasteiger charge is -2.35. The molecule has 152 valence electrons. The molecule has 5 nitrogen and oxygen atoms in total. The van der Waals surface area contributed by atoms with Gasteiger partial charge in [-0.25, -0.2) is 4.68 Å². The van der Waals surface area contributed by atoms with Gasteiger partial charge in [0, 0.05) is 67.1 Å². The van der Waals surface area contributed by atoms with E-state index in [4.69, 9.17) is 11.6 Å². The van der Waals surface area contributed by atoms with Crippen LogP contribution in [-0.4, -0.2) is 52.4 Å².